The van der Waals surface area contributed by atoms with Crippen LogP contribution in [0.1, 0.15) is 19.4 Å². The first-order valence-electron chi connectivity index (χ1n) is 14.4. The van der Waals surface area contributed by atoms with Gasteiger partial charge in [-0.05, 0) is 72.0 Å². The van der Waals surface area contributed by atoms with Crippen LogP contribution >= 0.6 is 94.1 Å². The number of nitrogens with zero attached hydrogens (tertiary/aromatic N) is 3. The maximum absolute atomic E-state index is 10.1. The quantitative estimate of drug-likeness (QED) is 0.177. The van der Waals surface area contributed by atoms with E-state index in [1.54, 1.807) is 47.0 Å². The van der Waals surface area contributed by atoms with Crippen molar-refractivity contribution < 1.29 is 4.74 Å². The van der Waals surface area contributed by atoms with E-state index in [1.807, 2.05) is 85.2 Å². The van der Waals surface area contributed by atoms with Crippen molar-refractivity contribution in [3.8, 4) is 18.2 Å². The fourth-order valence-corrected chi connectivity index (χ4v) is 15.9. The van der Waals surface area contributed by atoms with Gasteiger partial charge in [0, 0.05) is 16.0 Å². The smallest absolute Gasteiger partial charge is 0.172 e. The van der Waals surface area contributed by atoms with E-state index in [0.717, 1.165) is 5.56 Å². The number of ether oxygens (including phenoxy) is 1. The molecule has 0 saturated heterocycles. The predicted octanol–water partition coefficient (Wildman–Crippen LogP) is 10.7. The highest BCUT2D eigenvalue weighted by Crippen LogP contribution is 2.58. The Hall–Kier alpha value is -2.31. The number of nitriles is 3. The molecule has 3 aliphatic rings. The van der Waals surface area contributed by atoms with E-state index in [-0.39, 0.29) is 16.9 Å². The standard InChI is InChI=1S/C36H27N3OS8/c1-36(2)26(25(18-39)29(40-36)20(16-37)17-38)14-12-19-11-13-23-24(15-19)28(31-47-34(43-5)35(44-6)48-31)22-10-8-7-9-21(22)27(23)30-45-32(41-3)33(42-4)46-30/h7-15H,1-6H3/b14-12+. The molecule has 0 amide bonds. The van der Waals surface area contributed by atoms with E-state index in [2.05, 4.69) is 73.6 Å². The van der Waals surface area contributed by atoms with Crippen molar-refractivity contribution in [3.05, 3.63) is 104 Å². The summed E-state index contributed by atoms with van der Waals surface area (Å²) in [7, 11) is 0. The molecule has 3 aliphatic heterocycles. The third-order valence-electron chi connectivity index (χ3n) is 7.78. The van der Waals surface area contributed by atoms with Gasteiger partial charge in [-0.15, -0.1) is 47.0 Å². The first-order chi connectivity index (χ1) is 23.2. The van der Waals surface area contributed by atoms with Crippen molar-refractivity contribution in [3.63, 3.8) is 0 Å². The van der Waals surface area contributed by atoms with Gasteiger partial charge in [0.1, 0.15) is 29.4 Å². The van der Waals surface area contributed by atoms with E-state index >= 15 is 0 Å². The Morgan fingerprint density at radius 2 is 1.17 bits per heavy atom. The van der Waals surface area contributed by atoms with Crippen molar-refractivity contribution in [1.82, 2.24) is 0 Å². The number of hydrogen-bond donors (Lipinski definition) is 0. The summed E-state index contributed by atoms with van der Waals surface area (Å²) in [4.78, 5) is 0. The molecule has 0 saturated carbocycles. The Labute approximate surface area is 314 Å². The van der Waals surface area contributed by atoms with Gasteiger partial charge in [-0.3, -0.25) is 0 Å². The van der Waals surface area contributed by atoms with E-state index in [1.165, 1.54) is 57.4 Å². The molecule has 3 heterocycles. The van der Waals surface area contributed by atoms with Crippen LogP contribution in [-0.2, 0) is 4.74 Å². The van der Waals surface area contributed by atoms with Gasteiger partial charge in [0.05, 0.1) is 25.4 Å². The zero-order valence-electron chi connectivity index (χ0n) is 26.7. The van der Waals surface area contributed by atoms with Crippen LogP contribution in [0.25, 0.3) is 36.1 Å². The topological polar surface area (TPSA) is 80.6 Å². The summed E-state index contributed by atoms with van der Waals surface area (Å²) in [6, 6.07) is 21.3. The van der Waals surface area contributed by atoms with Gasteiger partial charge in [0.2, 0.25) is 0 Å². The van der Waals surface area contributed by atoms with Crippen LogP contribution in [0.5, 0.6) is 0 Å². The summed E-state index contributed by atoms with van der Waals surface area (Å²) in [5.74, 6) is 0.0452. The lowest BCUT2D eigenvalue weighted by molar-refractivity contribution is 0.0954. The van der Waals surface area contributed by atoms with Crippen LogP contribution < -0.4 is 10.4 Å². The molecule has 0 radical (unpaired) electrons. The zero-order chi connectivity index (χ0) is 34.2. The van der Waals surface area contributed by atoms with Crippen LogP contribution in [0.15, 0.2) is 88.0 Å². The fourth-order valence-electron chi connectivity index (χ4n) is 5.65. The summed E-state index contributed by atoms with van der Waals surface area (Å²) < 4.78 is 13.9. The van der Waals surface area contributed by atoms with Crippen molar-refractivity contribution in [2.45, 2.75) is 19.4 Å². The number of fused-ring (bicyclic) bond motifs is 2. The Morgan fingerprint density at radius 1 is 0.688 bits per heavy atom. The molecular formula is C36H27N3OS8. The zero-order valence-corrected chi connectivity index (χ0v) is 33.2. The lowest BCUT2D eigenvalue weighted by atomic mass is 9.93. The van der Waals surface area contributed by atoms with E-state index in [9.17, 15) is 15.8 Å². The summed E-state index contributed by atoms with van der Waals surface area (Å²) in [6.45, 7) is 3.69. The van der Waals surface area contributed by atoms with Gasteiger partial charge in [-0.2, -0.15) is 15.8 Å². The SMILES string of the molecule is CSC1=C(SC)SC(=c2c3ccccc3c(=C3SC(SC)=C(SC)S3)c3cc(/C=C/C4=C(C#N)C(=C(C#N)C#N)OC4(C)C)ccc23)S1. The molecular weight excluding hydrogens is 747 g/mol. The molecule has 0 fully saturated rings. The van der Waals surface area contributed by atoms with Crippen LogP contribution in [0.2, 0.25) is 0 Å². The predicted molar refractivity (Wildman–Crippen MR) is 221 cm³/mol. The van der Waals surface area contributed by atoms with Crippen LogP contribution in [0.3, 0.4) is 0 Å². The maximum atomic E-state index is 10.1. The minimum Gasteiger partial charge on any atom is -0.480 e. The number of rotatable bonds is 6. The molecule has 0 atom stereocenters. The highest BCUT2D eigenvalue weighted by atomic mass is 32.3. The lowest BCUT2D eigenvalue weighted by Crippen LogP contribution is -2.20. The molecule has 4 nitrogen and oxygen atoms in total. The van der Waals surface area contributed by atoms with Gasteiger partial charge in [0.15, 0.2) is 11.3 Å². The summed E-state index contributed by atoms with van der Waals surface area (Å²) >= 11 is 14.6. The Morgan fingerprint density at radius 3 is 1.62 bits per heavy atom. The summed E-state index contributed by atoms with van der Waals surface area (Å²) in [6.07, 6.45) is 12.5. The third kappa shape index (κ3) is 6.38. The molecule has 3 aromatic carbocycles. The first kappa shape index (κ1) is 35.5. The number of benzene rings is 3. The van der Waals surface area contributed by atoms with Gasteiger partial charge in [-0.1, -0.05) is 95.6 Å². The Kier molecular flexibility index (Phi) is 11.0. The number of hydrogen-bond acceptors (Lipinski definition) is 12. The van der Waals surface area contributed by atoms with Gasteiger partial charge in [-0.25, -0.2) is 0 Å². The van der Waals surface area contributed by atoms with Crippen molar-refractivity contribution in [2.24, 2.45) is 0 Å². The summed E-state index contributed by atoms with van der Waals surface area (Å²) in [5, 5.41) is 36.4. The minimum absolute atomic E-state index is 0.0452. The van der Waals surface area contributed by atoms with Crippen LogP contribution in [0.4, 0.5) is 0 Å². The second-order valence-corrected chi connectivity index (χ2v) is 19.7. The highest BCUT2D eigenvalue weighted by Gasteiger charge is 2.38. The summed E-state index contributed by atoms with van der Waals surface area (Å²) in [5.41, 5.74) is 0.740. The molecule has 0 bridgehead atoms. The molecule has 240 valence electrons. The van der Waals surface area contributed by atoms with E-state index in [4.69, 9.17) is 4.74 Å². The molecule has 6 rings (SSSR count). The average molecular weight is 774 g/mol. The highest BCUT2D eigenvalue weighted by molar-refractivity contribution is 8.46. The molecule has 0 aromatic heterocycles. The lowest BCUT2D eigenvalue weighted by Gasteiger charge is -2.20. The molecule has 48 heavy (non-hydrogen) atoms. The molecule has 0 spiro atoms. The third-order valence-corrected chi connectivity index (χ3v) is 18.2. The average Bonchev–Trinajstić information content (AvgIpc) is 3.79. The molecule has 0 N–H and O–H groups in total. The van der Waals surface area contributed by atoms with E-state index < -0.39 is 5.60 Å². The van der Waals surface area contributed by atoms with Gasteiger partial charge >= 0.3 is 0 Å². The van der Waals surface area contributed by atoms with Crippen LogP contribution in [0, 0.1) is 34.0 Å². The molecule has 3 aromatic rings. The van der Waals surface area contributed by atoms with Crippen molar-refractivity contribution in [1.29, 1.82) is 15.8 Å². The number of allylic oxidation sites excluding steroid dienone is 2. The van der Waals surface area contributed by atoms with Crippen molar-refractivity contribution in [2.75, 3.05) is 25.0 Å². The van der Waals surface area contributed by atoms with Gasteiger partial charge < -0.3 is 4.74 Å². The molecule has 0 unspecified atom stereocenters. The molecule has 0 aliphatic carbocycles. The number of thioether (sulfide) groups is 8. The maximum Gasteiger partial charge on any atom is 0.172 e. The second-order valence-electron chi connectivity index (χ2n) is 10.8. The van der Waals surface area contributed by atoms with Gasteiger partial charge in [0.25, 0.3) is 0 Å². The Balaban J connectivity index is 1.65. The monoisotopic (exact) mass is 773 g/mol. The van der Waals surface area contributed by atoms with Crippen molar-refractivity contribution >= 4 is 130 Å². The Bertz CT molecular complexity index is 2280. The first-order valence-corrected chi connectivity index (χ1v) is 22.6. The van der Waals surface area contributed by atoms with E-state index in [0.29, 0.717) is 5.57 Å². The van der Waals surface area contributed by atoms with Crippen LogP contribution in [-0.4, -0.2) is 30.6 Å². The molecule has 12 heteroatoms. The fraction of sp³-hybridized carbons (Fsp3) is 0.194. The largest absolute Gasteiger partial charge is 0.480 e. The normalized spacial score (nSPS) is 17.6. The second kappa shape index (κ2) is 14.9. The minimum atomic E-state index is -0.882.